The molecule has 0 aliphatic carbocycles. The average molecular weight is 1730 g/mol. The lowest BCUT2D eigenvalue weighted by Gasteiger charge is -2.32. The molecule has 15 aromatic rings. The van der Waals surface area contributed by atoms with Gasteiger partial charge in [-0.1, -0.05) is 149 Å². The molecule has 2 heterocycles. The van der Waals surface area contributed by atoms with Gasteiger partial charge in [0.25, 0.3) is 0 Å². The number of anilines is 6. The number of carbonyl (C=O) groups is 4. The number of hydrogen-bond donors (Lipinski definition) is 0. The Morgan fingerprint density at radius 3 is 1.07 bits per heavy atom. The number of rotatable bonds is 43. The second-order valence-corrected chi connectivity index (χ2v) is 31.4. The van der Waals surface area contributed by atoms with Crippen LogP contribution in [0, 0.1) is 22.5 Å². The molecule has 24 heteroatoms. The van der Waals surface area contributed by atoms with E-state index in [1.54, 1.807) is 131 Å². The van der Waals surface area contributed by atoms with Crippen LogP contribution in [0.5, 0.6) is 34.5 Å². The van der Waals surface area contributed by atoms with Crippen molar-refractivity contribution in [2.24, 2.45) is 10.8 Å². The van der Waals surface area contributed by atoms with Gasteiger partial charge in [-0.05, 0) is 225 Å². The number of ether oxygens (including phenoxy) is 10. The van der Waals surface area contributed by atoms with Crippen LogP contribution in [0.4, 0.5) is 42.9 Å². The number of unbranched alkanes of at least 4 members (excludes halogenated alkanes) is 1. The maximum atomic E-state index is 15.5. The van der Waals surface area contributed by atoms with E-state index in [1.165, 1.54) is 24.3 Å². The fraction of sp³-hybridized carbons (Fsp3) is 0.219. The molecule has 0 amide bonds. The lowest BCUT2D eigenvalue weighted by Crippen LogP contribution is -2.55. The Bertz CT molecular complexity index is 5910. The van der Waals surface area contributed by atoms with Crippen LogP contribution in [0.25, 0.3) is 44.3 Å². The summed E-state index contributed by atoms with van der Waals surface area (Å²) in [7, 11) is 0. The Morgan fingerprint density at radius 1 is 0.341 bits per heavy atom. The highest BCUT2D eigenvalue weighted by Gasteiger charge is 2.41. The van der Waals surface area contributed by atoms with Gasteiger partial charge >= 0.3 is 23.9 Å². The highest BCUT2D eigenvalue weighted by molar-refractivity contribution is 6.16. The van der Waals surface area contributed by atoms with Crippen molar-refractivity contribution in [1.82, 2.24) is 25.2 Å². The molecule has 0 radical (unpaired) electrons. The molecule has 1 atom stereocenters. The zero-order valence-electron chi connectivity index (χ0n) is 72.1. The molecule has 0 aliphatic heterocycles. The van der Waals surface area contributed by atoms with Gasteiger partial charge in [0.15, 0.2) is 6.54 Å². The number of carbonyl (C=O) groups excluding carboxylic acids is 4. The van der Waals surface area contributed by atoms with Gasteiger partial charge in [-0.2, -0.15) is 30.0 Å². The monoisotopic (exact) mass is 1730 g/mol. The summed E-state index contributed by atoms with van der Waals surface area (Å²) in [5, 5.41) is 22.6. The molecule has 0 N–H and O–H groups in total. The molecule has 656 valence electrons. The summed E-state index contributed by atoms with van der Waals surface area (Å²) in [5.41, 5.74) is 7.56. The lowest BCUT2D eigenvalue weighted by atomic mass is 9.91. The predicted octanol–water partition coefficient (Wildman–Crippen LogP) is 21.9. The van der Waals surface area contributed by atoms with E-state index in [-0.39, 0.29) is 96.2 Å². The van der Waals surface area contributed by atoms with Crippen LogP contribution in [0.2, 0.25) is 0 Å². The van der Waals surface area contributed by atoms with Gasteiger partial charge in [0.1, 0.15) is 102 Å². The van der Waals surface area contributed by atoms with Crippen molar-refractivity contribution >= 4 is 80.1 Å². The summed E-state index contributed by atoms with van der Waals surface area (Å²) in [6, 6.07) is 94.5. The Balaban J connectivity index is 0.951. The summed E-state index contributed by atoms with van der Waals surface area (Å²) < 4.78 is 94.0. The van der Waals surface area contributed by atoms with Gasteiger partial charge in [0, 0.05) is 68.4 Å². The molecule has 0 fully saturated rings. The Kier molecular flexibility index (Phi) is 29.3. The van der Waals surface area contributed by atoms with Crippen molar-refractivity contribution in [2.45, 2.75) is 72.9 Å². The number of halogens is 2. The summed E-state index contributed by atoms with van der Waals surface area (Å²) >= 11 is 0. The summed E-state index contributed by atoms with van der Waals surface area (Å²) in [6.07, 6.45) is 3.40. The quantitative estimate of drug-likeness (QED) is 0.0150. The number of esters is 4. The number of para-hydroxylation sites is 4. The van der Waals surface area contributed by atoms with Gasteiger partial charge in [0.2, 0.25) is 0 Å². The van der Waals surface area contributed by atoms with Gasteiger partial charge in [-0.15, -0.1) is 0 Å². The molecular weight excluding hydrogens is 1640 g/mol. The van der Waals surface area contributed by atoms with E-state index in [0.29, 0.717) is 110 Å². The fourth-order valence-electron chi connectivity index (χ4n) is 14.7. The molecule has 129 heavy (non-hydrogen) atoms. The maximum absolute atomic E-state index is 15.5. The minimum Gasteiger partial charge on any atom is -0.493 e. The van der Waals surface area contributed by atoms with E-state index in [9.17, 15) is 19.2 Å². The third kappa shape index (κ3) is 22.6. The Labute approximate surface area is 747 Å². The van der Waals surface area contributed by atoms with Gasteiger partial charge < -0.3 is 57.2 Å². The lowest BCUT2D eigenvalue weighted by molar-refractivity contribution is -0.814. The van der Waals surface area contributed by atoms with Gasteiger partial charge in [-0.25, -0.2) is 28.0 Å². The third-order valence-electron chi connectivity index (χ3n) is 21.3. The van der Waals surface area contributed by atoms with Gasteiger partial charge in [0.05, 0.1) is 60.6 Å². The molecule has 0 spiro atoms. The van der Waals surface area contributed by atoms with E-state index >= 15 is 8.78 Å². The molecule has 0 bridgehead atoms. The molecule has 0 saturated carbocycles. The van der Waals surface area contributed by atoms with Crippen molar-refractivity contribution in [3.63, 3.8) is 0 Å². The first-order chi connectivity index (χ1) is 63.1. The fourth-order valence-corrected chi connectivity index (χ4v) is 14.7. The molecule has 22 nitrogen and oxygen atoms in total. The number of fused-ring (bicyclic) bond motifs is 2. The molecule has 1 unspecified atom stereocenters. The topological polar surface area (TPSA) is 229 Å². The number of aromatic nitrogens is 6. The number of nitrogens with zero attached hydrogens (tertiary/aromatic N) is 8. The molecular formula is C105H98F2N8O14. The van der Waals surface area contributed by atoms with E-state index in [2.05, 4.69) is 9.80 Å². The first-order valence-corrected chi connectivity index (χ1v) is 43.2. The molecule has 13 aromatic carbocycles. The van der Waals surface area contributed by atoms with Crippen molar-refractivity contribution < 1.29 is 80.1 Å². The first kappa shape index (κ1) is 88.7. The maximum Gasteiger partial charge on any atom is 0.338 e. The highest BCUT2D eigenvalue weighted by Crippen LogP contribution is 2.45. The Morgan fingerprint density at radius 2 is 0.682 bits per heavy atom. The average Bonchev–Trinajstić information content (AvgIpc) is 1.59. The Hall–Kier alpha value is -15.2. The van der Waals surface area contributed by atoms with Crippen molar-refractivity contribution in [3.05, 3.63) is 349 Å². The summed E-state index contributed by atoms with van der Waals surface area (Å²) in [6.45, 7) is 7.27. The van der Waals surface area contributed by atoms with Crippen LogP contribution in [0.15, 0.2) is 315 Å². The van der Waals surface area contributed by atoms with Crippen molar-refractivity contribution in [1.29, 1.82) is 0 Å². The van der Waals surface area contributed by atoms with E-state index in [4.69, 9.17) is 67.8 Å². The zero-order chi connectivity index (χ0) is 89.3. The van der Waals surface area contributed by atoms with Gasteiger partial charge in [-0.3, -0.25) is 0 Å². The SMILES string of the molecule is CCCCOC(=O)c1cccc(OCC(COc2ccc(C(=O)OCCC)cc2)(COc2cccc(F)c2)C[n+]2nc3c(-c4ccc(N(c5ccccc5)c5ccccc5)cc4)c4nn(CC(COc5ccc(C(=O)OCCC)cc5)(COc5ccc(C(=O)OCCC)cc5)COc5cccc(F)c5)nc4c(-c4ccc(N(c5ccccc5)c5ccccc5)cc4)c3[n-]2)c1. The van der Waals surface area contributed by atoms with Crippen LogP contribution in [0.3, 0.4) is 0 Å². The molecule has 15 rings (SSSR count). The minimum absolute atomic E-state index is 0.129. The second kappa shape index (κ2) is 42.7. The summed E-state index contributed by atoms with van der Waals surface area (Å²) in [4.78, 5) is 60.8. The standard InChI is InChI=1S/C105H98F2N8O14/c1-5-9-62-123-103(119)79-25-22-36-91(63-79)127-71-105(73-129-93-38-24-27-81(107)65-93,70-126-90-57-47-78(48-58-90)102(118)122-61-8-4)67-113-110-98-94(74-39-49-86(50-40-74)114(82-28-14-10-15-29-82)83-30-16-11-17-31-83)96-97(95(99(98)111-113)75-41-51-87(52-42-75)115(84-32-18-12-19-33-84)85-34-20-13-21-35-85)109-112(108-96)66-104(72-128-92-37-23-26-80(106)64-92,68-124-88-53-43-76(44-54-88)100(116)120-59-6-2)69-125-89-55-45-77(46-56-89)101(117)121-60-7-3/h10-58,63-65H,5-9,59-62,66-73H2,1-4H3. The smallest absolute Gasteiger partial charge is 0.338 e. The first-order valence-electron chi connectivity index (χ1n) is 43.2. The third-order valence-corrected chi connectivity index (χ3v) is 21.3. The van der Waals surface area contributed by atoms with Crippen LogP contribution in [0.1, 0.15) is 101 Å². The zero-order valence-corrected chi connectivity index (χ0v) is 72.1. The van der Waals surface area contributed by atoms with Crippen LogP contribution in [-0.2, 0) is 32.0 Å². The van der Waals surface area contributed by atoms with E-state index in [0.717, 1.165) is 40.5 Å². The van der Waals surface area contributed by atoms with Crippen LogP contribution in [-0.4, -0.2) is 110 Å². The summed E-state index contributed by atoms with van der Waals surface area (Å²) in [5.74, 6) is -1.25. The molecule has 0 aliphatic rings. The number of benzene rings is 13. The van der Waals surface area contributed by atoms with Crippen LogP contribution < -0.4 is 48.1 Å². The van der Waals surface area contributed by atoms with Crippen molar-refractivity contribution in [3.8, 4) is 56.8 Å². The van der Waals surface area contributed by atoms with E-state index in [1.807, 2.05) is 198 Å². The normalized spacial score (nSPS) is 11.7. The molecule has 2 aromatic heterocycles. The predicted molar refractivity (Wildman–Crippen MR) is 490 cm³/mol. The highest BCUT2D eigenvalue weighted by atomic mass is 19.1. The van der Waals surface area contributed by atoms with Crippen molar-refractivity contribution in [2.75, 3.05) is 75.9 Å². The van der Waals surface area contributed by atoms with Crippen LogP contribution >= 0.6 is 0 Å². The largest absolute Gasteiger partial charge is 0.493 e. The second-order valence-electron chi connectivity index (χ2n) is 31.4. The number of hydrogen-bond acceptors (Lipinski definition) is 19. The molecule has 0 saturated heterocycles. The minimum atomic E-state index is -1.38. The van der Waals surface area contributed by atoms with E-state index < -0.39 is 46.3 Å².